The SMILES string of the molecule is CCc1c(C(=O)OCC(=O)Nc2ccc(Cl)cc2[N+](=O)[O-])cnc2ncnn12. The van der Waals surface area contributed by atoms with Crippen molar-refractivity contribution in [3.8, 4) is 0 Å². The Kier molecular flexibility index (Phi) is 5.45. The third-order valence-electron chi connectivity index (χ3n) is 3.73. The summed E-state index contributed by atoms with van der Waals surface area (Å²) in [5, 5.41) is 17.5. The van der Waals surface area contributed by atoms with E-state index in [4.69, 9.17) is 16.3 Å². The molecule has 0 unspecified atom stereocenters. The van der Waals surface area contributed by atoms with Crippen LogP contribution in [0.4, 0.5) is 11.4 Å². The van der Waals surface area contributed by atoms with E-state index in [0.29, 0.717) is 17.9 Å². The van der Waals surface area contributed by atoms with Crippen LogP contribution in [0.25, 0.3) is 5.78 Å². The Morgan fingerprint density at radius 1 is 1.36 bits per heavy atom. The Balaban J connectivity index is 1.70. The van der Waals surface area contributed by atoms with Crippen LogP contribution in [0.2, 0.25) is 5.02 Å². The molecule has 3 rings (SSSR count). The first-order valence-corrected chi connectivity index (χ1v) is 8.37. The Bertz CT molecular complexity index is 1080. The van der Waals surface area contributed by atoms with E-state index < -0.39 is 23.4 Å². The van der Waals surface area contributed by atoms with Crippen molar-refractivity contribution in [1.82, 2.24) is 19.6 Å². The summed E-state index contributed by atoms with van der Waals surface area (Å²) in [6, 6.07) is 3.79. The van der Waals surface area contributed by atoms with E-state index in [9.17, 15) is 19.7 Å². The summed E-state index contributed by atoms with van der Waals surface area (Å²) in [4.78, 5) is 42.7. The molecular formula is C16H13ClN6O5. The zero-order valence-electron chi connectivity index (χ0n) is 14.5. The van der Waals surface area contributed by atoms with E-state index in [0.717, 1.165) is 6.07 Å². The van der Waals surface area contributed by atoms with Crippen molar-refractivity contribution < 1.29 is 19.2 Å². The number of carbonyl (C=O) groups excluding carboxylic acids is 2. The van der Waals surface area contributed by atoms with Gasteiger partial charge in [0, 0.05) is 17.3 Å². The molecule has 0 saturated heterocycles. The lowest BCUT2D eigenvalue weighted by atomic mass is 10.2. The molecule has 144 valence electrons. The normalized spacial score (nSPS) is 10.6. The zero-order valence-corrected chi connectivity index (χ0v) is 15.2. The van der Waals surface area contributed by atoms with E-state index in [1.54, 1.807) is 0 Å². The number of rotatable bonds is 6. The van der Waals surface area contributed by atoms with Crippen LogP contribution < -0.4 is 5.32 Å². The lowest BCUT2D eigenvalue weighted by Crippen LogP contribution is -2.22. The van der Waals surface area contributed by atoms with Gasteiger partial charge in [-0.3, -0.25) is 14.9 Å². The number of nitro benzene ring substituents is 1. The van der Waals surface area contributed by atoms with Crippen molar-refractivity contribution in [2.45, 2.75) is 13.3 Å². The third kappa shape index (κ3) is 3.88. The minimum atomic E-state index is -0.775. The van der Waals surface area contributed by atoms with Crippen molar-refractivity contribution in [3.63, 3.8) is 0 Å². The van der Waals surface area contributed by atoms with Gasteiger partial charge in [-0.25, -0.2) is 14.3 Å². The van der Waals surface area contributed by atoms with E-state index in [1.807, 2.05) is 6.92 Å². The molecule has 2 heterocycles. The highest BCUT2D eigenvalue weighted by Crippen LogP contribution is 2.27. The first-order chi connectivity index (χ1) is 13.4. The van der Waals surface area contributed by atoms with Gasteiger partial charge in [0.2, 0.25) is 0 Å². The molecule has 0 bridgehead atoms. The molecule has 1 aromatic carbocycles. The van der Waals surface area contributed by atoms with Crippen LogP contribution in [-0.4, -0.2) is 43.0 Å². The summed E-state index contributed by atoms with van der Waals surface area (Å²) in [7, 11) is 0. The Labute approximate surface area is 162 Å². The summed E-state index contributed by atoms with van der Waals surface area (Å²) in [6.45, 7) is 1.18. The van der Waals surface area contributed by atoms with Gasteiger partial charge in [-0.1, -0.05) is 18.5 Å². The maximum atomic E-state index is 12.3. The molecule has 12 heteroatoms. The number of aromatic nitrogens is 4. The highest BCUT2D eigenvalue weighted by atomic mass is 35.5. The largest absolute Gasteiger partial charge is 0.452 e. The standard InChI is InChI=1S/C16H13ClN6O5/c1-2-12-10(6-18-16-19-8-20-22(12)16)15(25)28-7-14(24)21-11-4-3-9(17)5-13(11)23(26)27/h3-6,8H,2,7H2,1H3,(H,21,24). The summed E-state index contributed by atoms with van der Waals surface area (Å²) in [6.07, 6.45) is 3.06. The smallest absolute Gasteiger partial charge is 0.342 e. The van der Waals surface area contributed by atoms with Crippen LogP contribution in [0.1, 0.15) is 23.0 Å². The summed E-state index contributed by atoms with van der Waals surface area (Å²) in [5.74, 6) is -1.18. The average Bonchev–Trinajstić information content (AvgIpc) is 3.15. The number of anilines is 1. The number of fused-ring (bicyclic) bond motifs is 1. The number of ether oxygens (including phenoxy) is 1. The molecule has 0 aliphatic rings. The van der Waals surface area contributed by atoms with Crippen LogP contribution >= 0.6 is 11.6 Å². The molecule has 1 amide bonds. The molecule has 28 heavy (non-hydrogen) atoms. The van der Waals surface area contributed by atoms with Gasteiger partial charge in [0.25, 0.3) is 17.4 Å². The topological polar surface area (TPSA) is 142 Å². The number of hydrogen-bond acceptors (Lipinski definition) is 8. The predicted octanol–water partition coefficient (Wildman–Crippen LogP) is 2.04. The summed E-state index contributed by atoms with van der Waals surface area (Å²) >= 11 is 5.73. The molecule has 3 aromatic rings. The lowest BCUT2D eigenvalue weighted by Gasteiger charge is -2.10. The minimum Gasteiger partial charge on any atom is -0.452 e. The second kappa shape index (κ2) is 7.96. The number of halogens is 1. The number of hydrogen-bond donors (Lipinski definition) is 1. The second-order valence-corrected chi connectivity index (χ2v) is 5.92. The number of carbonyl (C=O) groups is 2. The number of esters is 1. The van der Waals surface area contributed by atoms with Crippen LogP contribution in [0.15, 0.2) is 30.7 Å². The van der Waals surface area contributed by atoms with Crippen molar-refractivity contribution in [2.75, 3.05) is 11.9 Å². The zero-order chi connectivity index (χ0) is 20.3. The highest BCUT2D eigenvalue weighted by molar-refractivity contribution is 6.31. The molecule has 0 atom stereocenters. The monoisotopic (exact) mass is 404 g/mol. The van der Waals surface area contributed by atoms with E-state index >= 15 is 0 Å². The van der Waals surface area contributed by atoms with Gasteiger partial charge >= 0.3 is 5.97 Å². The van der Waals surface area contributed by atoms with Crippen LogP contribution in [0.5, 0.6) is 0 Å². The summed E-state index contributed by atoms with van der Waals surface area (Å²) < 4.78 is 6.42. The van der Waals surface area contributed by atoms with Gasteiger partial charge < -0.3 is 10.1 Å². The second-order valence-electron chi connectivity index (χ2n) is 5.49. The number of nitrogens with one attached hydrogen (secondary N) is 1. The number of nitro groups is 1. The maximum absolute atomic E-state index is 12.3. The molecular weight excluding hydrogens is 392 g/mol. The van der Waals surface area contributed by atoms with E-state index in [1.165, 1.54) is 29.2 Å². The first-order valence-electron chi connectivity index (χ1n) is 7.99. The van der Waals surface area contributed by atoms with Gasteiger partial charge in [-0.15, -0.1) is 0 Å². The fraction of sp³-hybridized carbons (Fsp3) is 0.188. The van der Waals surface area contributed by atoms with E-state index in [-0.39, 0.29) is 22.0 Å². The Morgan fingerprint density at radius 3 is 2.86 bits per heavy atom. The van der Waals surface area contributed by atoms with Crippen molar-refractivity contribution in [2.24, 2.45) is 0 Å². The molecule has 0 aliphatic carbocycles. The molecule has 0 radical (unpaired) electrons. The molecule has 2 aromatic heterocycles. The van der Waals surface area contributed by atoms with Crippen molar-refractivity contribution >= 4 is 40.6 Å². The number of nitrogens with zero attached hydrogens (tertiary/aromatic N) is 5. The third-order valence-corrected chi connectivity index (χ3v) is 3.96. The lowest BCUT2D eigenvalue weighted by molar-refractivity contribution is -0.383. The minimum absolute atomic E-state index is 0.0598. The summed E-state index contributed by atoms with van der Waals surface area (Å²) in [5.41, 5.74) is 0.240. The van der Waals surface area contributed by atoms with Gasteiger partial charge in [0.15, 0.2) is 6.61 Å². The predicted molar refractivity (Wildman–Crippen MR) is 97.2 cm³/mol. The fourth-order valence-corrected chi connectivity index (χ4v) is 2.66. The highest BCUT2D eigenvalue weighted by Gasteiger charge is 2.20. The van der Waals surface area contributed by atoms with Gasteiger partial charge in [0.05, 0.1) is 16.2 Å². The molecule has 0 saturated carbocycles. The fourth-order valence-electron chi connectivity index (χ4n) is 2.49. The van der Waals surface area contributed by atoms with Crippen LogP contribution in [0.3, 0.4) is 0 Å². The Hall–Kier alpha value is -3.60. The quantitative estimate of drug-likeness (QED) is 0.373. The maximum Gasteiger partial charge on any atom is 0.342 e. The molecule has 0 fully saturated rings. The van der Waals surface area contributed by atoms with Gasteiger partial charge in [-0.2, -0.15) is 10.1 Å². The molecule has 0 aliphatic heterocycles. The molecule has 1 N–H and O–H groups in total. The number of benzene rings is 1. The Morgan fingerprint density at radius 2 is 2.14 bits per heavy atom. The molecule has 11 nitrogen and oxygen atoms in total. The number of aryl methyl sites for hydroxylation is 1. The number of amides is 1. The van der Waals surface area contributed by atoms with Gasteiger partial charge in [-0.05, 0) is 18.6 Å². The van der Waals surface area contributed by atoms with Gasteiger partial charge in [0.1, 0.15) is 12.0 Å². The van der Waals surface area contributed by atoms with Crippen molar-refractivity contribution in [1.29, 1.82) is 0 Å². The molecule has 0 spiro atoms. The van der Waals surface area contributed by atoms with Crippen LogP contribution in [0, 0.1) is 10.1 Å². The van der Waals surface area contributed by atoms with Crippen LogP contribution in [-0.2, 0) is 16.0 Å². The van der Waals surface area contributed by atoms with E-state index in [2.05, 4.69) is 20.4 Å². The van der Waals surface area contributed by atoms with Crippen molar-refractivity contribution in [3.05, 3.63) is 57.1 Å². The average molecular weight is 405 g/mol. The first kappa shape index (κ1) is 19.2.